The summed E-state index contributed by atoms with van der Waals surface area (Å²) in [5, 5.41) is 0. The molecule has 0 atom stereocenters. The zero-order valence-corrected chi connectivity index (χ0v) is 35.1. The minimum atomic E-state index is -4.82. The Morgan fingerprint density at radius 2 is 0.898 bits per heavy atom. The Balaban J connectivity index is 0.0000230. The van der Waals surface area contributed by atoms with Crippen molar-refractivity contribution in [2.24, 2.45) is 0 Å². The number of unbranched alkanes of at least 4 members (excludes halogenated alkanes) is 20. The summed E-state index contributed by atoms with van der Waals surface area (Å²) in [6.45, 7) is 4.74. The van der Waals surface area contributed by atoms with Gasteiger partial charge in [0.1, 0.15) is 10.1 Å². The standard InChI is InChI=1S/C40H66O7S.K/c1-3-5-7-9-11-13-15-17-19-21-23-25-27-29-33-46-39(41)37-32-31-36(48(43,44)45)35-38(37)40(42)47-34-30-28-26-24-22-20-18-16-14-12-10-8-6-4-2;/h23-26,31-32,35H,3-22,27-30,33-34H2,1-2H3,(H,43,44,45);/q;+1/p-1/b25-23+,26-24+;. The van der Waals surface area contributed by atoms with Gasteiger partial charge in [-0.3, -0.25) is 0 Å². The molecule has 0 aliphatic heterocycles. The van der Waals surface area contributed by atoms with E-state index in [-0.39, 0.29) is 75.7 Å². The normalized spacial score (nSPS) is 11.7. The van der Waals surface area contributed by atoms with E-state index in [1.807, 2.05) is 0 Å². The van der Waals surface area contributed by atoms with Crippen molar-refractivity contribution in [3.05, 3.63) is 53.6 Å². The zero-order chi connectivity index (χ0) is 35.1. The van der Waals surface area contributed by atoms with Gasteiger partial charge < -0.3 is 14.0 Å². The first-order chi connectivity index (χ1) is 23.3. The summed E-state index contributed by atoms with van der Waals surface area (Å²) in [4.78, 5) is 25.0. The van der Waals surface area contributed by atoms with Crippen molar-refractivity contribution in [1.29, 1.82) is 0 Å². The van der Waals surface area contributed by atoms with Crippen LogP contribution in [0.5, 0.6) is 0 Å². The first-order valence-corrected chi connectivity index (χ1v) is 20.5. The Morgan fingerprint density at radius 1 is 0.551 bits per heavy atom. The first kappa shape index (κ1) is 48.2. The van der Waals surface area contributed by atoms with E-state index < -0.39 is 27.0 Å². The summed E-state index contributed by atoms with van der Waals surface area (Å²) in [5.41, 5.74) is -0.396. The molecule has 49 heavy (non-hydrogen) atoms. The number of esters is 2. The van der Waals surface area contributed by atoms with E-state index in [1.54, 1.807) is 0 Å². The van der Waals surface area contributed by atoms with Crippen LogP contribution in [0, 0.1) is 0 Å². The van der Waals surface area contributed by atoms with E-state index in [0.717, 1.165) is 43.9 Å². The van der Waals surface area contributed by atoms with Crippen LogP contribution in [-0.4, -0.2) is 38.1 Å². The molecule has 1 rings (SSSR count). The average molecular weight is 729 g/mol. The van der Waals surface area contributed by atoms with Gasteiger partial charge in [-0.1, -0.05) is 141 Å². The zero-order valence-electron chi connectivity index (χ0n) is 31.2. The van der Waals surface area contributed by atoms with E-state index in [4.69, 9.17) is 9.47 Å². The Bertz CT molecular complexity index is 1150. The van der Waals surface area contributed by atoms with Crippen molar-refractivity contribution in [2.45, 2.75) is 173 Å². The van der Waals surface area contributed by atoms with Gasteiger partial charge >= 0.3 is 63.3 Å². The Labute approximate surface area is 342 Å². The molecular formula is C40H65KO7S. The molecule has 9 heteroatoms. The maximum atomic E-state index is 12.8. The summed E-state index contributed by atoms with van der Waals surface area (Å²) in [7, 11) is -4.82. The van der Waals surface area contributed by atoms with Crippen LogP contribution in [0.1, 0.15) is 189 Å². The molecular weight excluding hydrogens is 664 g/mol. The van der Waals surface area contributed by atoms with E-state index in [9.17, 15) is 22.6 Å². The van der Waals surface area contributed by atoms with Crippen LogP contribution < -0.4 is 51.4 Å². The molecule has 0 spiro atoms. The molecule has 0 amide bonds. The quantitative estimate of drug-likeness (QED) is 0.0248. The summed E-state index contributed by atoms with van der Waals surface area (Å²) in [6.07, 6.45) is 36.8. The fourth-order valence-electron chi connectivity index (χ4n) is 5.53. The van der Waals surface area contributed by atoms with Gasteiger partial charge in [0.05, 0.1) is 29.2 Å². The summed E-state index contributed by atoms with van der Waals surface area (Å²) >= 11 is 0. The number of carbonyl (C=O) groups excluding carboxylic acids is 2. The predicted molar refractivity (Wildman–Crippen MR) is 195 cm³/mol. The number of rotatable bonds is 31. The fraction of sp³-hybridized carbons (Fsp3) is 0.700. The van der Waals surface area contributed by atoms with Gasteiger partial charge in [0.15, 0.2) is 0 Å². The minimum absolute atomic E-state index is 0. The molecule has 0 aliphatic rings. The maximum Gasteiger partial charge on any atom is 1.00 e. The minimum Gasteiger partial charge on any atom is -0.744 e. The largest absolute Gasteiger partial charge is 1.00 e. The van der Waals surface area contributed by atoms with Gasteiger partial charge in [-0.15, -0.1) is 0 Å². The van der Waals surface area contributed by atoms with Crippen molar-refractivity contribution < 1.29 is 83.4 Å². The van der Waals surface area contributed by atoms with Crippen molar-refractivity contribution in [1.82, 2.24) is 0 Å². The van der Waals surface area contributed by atoms with Gasteiger partial charge in [0.25, 0.3) is 0 Å². The molecule has 1 aromatic carbocycles. The van der Waals surface area contributed by atoms with E-state index in [0.29, 0.717) is 12.8 Å². The van der Waals surface area contributed by atoms with Gasteiger partial charge in [0, 0.05) is 0 Å². The van der Waals surface area contributed by atoms with Gasteiger partial charge in [-0.25, -0.2) is 18.0 Å². The van der Waals surface area contributed by atoms with E-state index in [1.165, 1.54) is 116 Å². The molecule has 0 bridgehead atoms. The molecule has 0 fully saturated rings. The summed E-state index contributed by atoms with van der Waals surface area (Å²) in [6, 6.07) is 3.06. The molecule has 0 aliphatic carbocycles. The fourth-order valence-corrected chi connectivity index (χ4v) is 6.03. The van der Waals surface area contributed by atoms with Crippen molar-refractivity contribution in [2.75, 3.05) is 13.2 Å². The average Bonchev–Trinajstić information content (AvgIpc) is 3.07. The molecule has 7 nitrogen and oxygen atoms in total. The van der Waals surface area contributed by atoms with Crippen LogP contribution in [0.25, 0.3) is 0 Å². The third-order valence-corrected chi connectivity index (χ3v) is 9.33. The number of carbonyl (C=O) groups is 2. The second-order valence-corrected chi connectivity index (χ2v) is 14.3. The monoisotopic (exact) mass is 728 g/mol. The molecule has 0 saturated heterocycles. The van der Waals surface area contributed by atoms with Crippen LogP contribution in [0.15, 0.2) is 47.4 Å². The smallest absolute Gasteiger partial charge is 0.744 e. The van der Waals surface area contributed by atoms with Crippen LogP contribution in [0.2, 0.25) is 0 Å². The molecule has 0 heterocycles. The van der Waals surface area contributed by atoms with Crippen LogP contribution in [0.4, 0.5) is 0 Å². The van der Waals surface area contributed by atoms with Gasteiger partial charge in [0.2, 0.25) is 0 Å². The van der Waals surface area contributed by atoms with E-state index >= 15 is 0 Å². The number of benzene rings is 1. The molecule has 0 unspecified atom stereocenters. The number of hydrogen-bond acceptors (Lipinski definition) is 7. The maximum absolute atomic E-state index is 12.8. The van der Waals surface area contributed by atoms with Crippen molar-refractivity contribution in [3.63, 3.8) is 0 Å². The number of ether oxygens (including phenoxy) is 2. The number of allylic oxidation sites excluding steroid dienone is 4. The first-order valence-electron chi connectivity index (χ1n) is 19.0. The third-order valence-electron chi connectivity index (χ3n) is 8.50. The summed E-state index contributed by atoms with van der Waals surface area (Å²) in [5.74, 6) is -1.61. The van der Waals surface area contributed by atoms with E-state index in [2.05, 4.69) is 38.2 Å². The molecule has 0 saturated carbocycles. The SMILES string of the molecule is CCCCCCCCCCC/C=C/CCCOC(=O)c1ccc(S(=O)(=O)[O-])cc1C(=O)OCCC/C=C/CCCCCCCCCCC.[K+]. The topological polar surface area (TPSA) is 110 Å². The predicted octanol–water partition coefficient (Wildman–Crippen LogP) is 8.42. The Morgan fingerprint density at radius 3 is 1.29 bits per heavy atom. The van der Waals surface area contributed by atoms with Gasteiger partial charge in [-0.2, -0.15) is 0 Å². The molecule has 274 valence electrons. The molecule has 0 radical (unpaired) electrons. The van der Waals surface area contributed by atoms with Gasteiger partial charge in [-0.05, 0) is 69.6 Å². The molecule has 1 aromatic rings. The van der Waals surface area contributed by atoms with Crippen molar-refractivity contribution in [3.8, 4) is 0 Å². The van der Waals surface area contributed by atoms with Crippen molar-refractivity contribution >= 4 is 22.1 Å². The second-order valence-electron chi connectivity index (χ2n) is 12.9. The van der Waals surface area contributed by atoms with Crippen LogP contribution in [-0.2, 0) is 19.6 Å². The number of hydrogen-bond donors (Lipinski definition) is 0. The van der Waals surface area contributed by atoms with Crippen LogP contribution >= 0.6 is 0 Å². The second kappa shape index (κ2) is 33.1. The van der Waals surface area contributed by atoms with Crippen LogP contribution in [0.3, 0.4) is 0 Å². The molecule has 0 N–H and O–H groups in total. The third kappa shape index (κ3) is 26.6. The summed E-state index contributed by atoms with van der Waals surface area (Å²) < 4.78 is 45.5. The Kier molecular flexibility index (Phi) is 32.5. The molecule has 0 aromatic heterocycles. The Hall–Kier alpha value is -0.814.